The minimum absolute atomic E-state index is 0.0425. The molecule has 20 heavy (non-hydrogen) atoms. The van der Waals surface area contributed by atoms with Crippen LogP contribution in [0.1, 0.15) is 23.2 Å². The van der Waals surface area contributed by atoms with Crippen LogP contribution in [-0.4, -0.2) is 40.5 Å². The first-order chi connectivity index (χ1) is 9.54. The molecule has 1 aromatic rings. The first-order valence-corrected chi connectivity index (χ1v) is 6.37. The van der Waals surface area contributed by atoms with Crippen molar-refractivity contribution in [2.75, 3.05) is 19.7 Å². The number of amides is 1. The van der Waals surface area contributed by atoms with Gasteiger partial charge < -0.3 is 10.0 Å². The SMILES string of the molecule is O=C(c1c(F)cccc1[N+](=O)[O-])N(CCO)CC1CC1. The van der Waals surface area contributed by atoms with Gasteiger partial charge in [0.1, 0.15) is 5.82 Å². The number of nitro benzene ring substituents is 1. The quantitative estimate of drug-likeness (QED) is 0.634. The maximum atomic E-state index is 13.8. The summed E-state index contributed by atoms with van der Waals surface area (Å²) >= 11 is 0. The smallest absolute Gasteiger partial charge is 0.285 e. The van der Waals surface area contributed by atoms with Crippen molar-refractivity contribution in [3.63, 3.8) is 0 Å². The van der Waals surface area contributed by atoms with E-state index in [2.05, 4.69) is 0 Å². The van der Waals surface area contributed by atoms with Crippen LogP contribution in [0.5, 0.6) is 0 Å². The summed E-state index contributed by atoms with van der Waals surface area (Å²) in [6, 6.07) is 3.32. The van der Waals surface area contributed by atoms with Crippen LogP contribution >= 0.6 is 0 Å². The Kier molecular flexibility index (Phi) is 4.29. The molecule has 7 heteroatoms. The lowest BCUT2D eigenvalue weighted by atomic mass is 10.1. The van der Waals surface area contributed by atoms with Crippen molar-refractivity contribution in [1.82, 2.24) is 4.90 Å². The van der Waals surface area contributed by atoms with E-state index in [9.17, 15) is 19.3 Å². The first-order valence-electron chi connectivity index (χ1n) is 6.37. The molecule has 1 aliphatic carbocycles. The van der Waals surface area contributed by atoms with Gasteiger partial charge in [-0.15, -0.1) is 0 Å². The summed E-state index contributed by atoms with van der Waals surface area (Å²) in [5.41, 5.74) is -1.08. The van der Waals surface area contributed by atoms with Gasteiger partial charge in [-0.1, -0.05) is 6.07 Å². The average Bonchev–Trinajstić information content (AvgIpc) is 3.21. The molecule has 0 spiro atoms. The third-order valence-electron chi connectivity index (χ3n) is 3.23. The van der Waals surface area contributed by atoms with Crippen LogP contribution in [0.15, 0.2) is 18.2 Å². The summed E-state index contributed by atoms with van der Waals surface area (Å²) in [5, 5.41) is 19.9. The summed E-state index contributed by atoms with van der Waals surface area (Å²) in [7, 11) is 0. The van der Waals surface area contributed by atoms with Gasteiger partial charge in [0.25, 0.3) is 11.6 Å². The Labute approximate surface area is 115 Å². The number of aliphatic hydroxyl groups excluding tert-OH is 1. The third kappa shape index (κ3) is 3.11. The molecule has 0 aromatic heterocycles. The minimum atomic E-state index is -0.914. The molecule has 0 bridgehead atoms. The molecule has 2 rings (SSSR count). The van der Waals surface area contributed by atoms with Crippen molar-refractivity contribution >= 4 is 11.6 Å². The van der Waals surface area contributed by atoms with Crippen molar-refractivity contribution < 1.29 is 19.2 Å². The van der Waals surface area contributed by atoms with E-state index in [0.29, 0.717) is 12.5 Å². The Morgan fingerprint density at radius 2 is 2.20 bits per heavy atom. The summed E-state index contributed by atoms with van der Waals surface area (Å²) in [6.07, 6.45) is 1.96. The molecule has 6 nitrogen and oxygen atoms in total. The number of hydrogen-bond donors (Lipinski definition) is 1. The fraction of sp³-hybridized carbons (Fsp3) is 0.462. The maximum Gasteiger partial charge on any atom is 0.285 e. The van der Waals surface area contributed by atoms with Gasteiger partial charge in [-0.25, -0.2) is 4.39 Å². The number of hydrogen-bond acceptors (Lipinski definition) is 4. The Morgan fingerprint density at radius 1 is 1.50 bits per heavy atom. The minimum Gasteiger partial charge on any atom is -0.395 e. The van der Waals surface area contributed by atoms with Crippen molar-refractivity contribution in [3.8, 4) is 0 Å². The lowest BCUT2D eigenvalue weighted by Crippen LogP contribution is -2.36. The van der Waals surface area contributed by atoms with E-state index in [1.54, 1.807) is 0 Å². The molecular weight excluding hydrogens is 267 g/mol. The standard InChI is InChI=1S/C13H15FN2O4/c14-10-2-1-3-11(16(19)20)12(10)13(18)15(6-7-17)8-9-4-5-9/h1-3,9,17H,4-8H2. The number of nitro groups is 1. The normalized spacial score (nSPS) is 14.1. The molecule has 1 aliphatic rings. The van der Waals surface area contributed by atoms with E-state index >= 15 is 0 Å². The van der Waals surface area contributed by atoms with Crippen LogP contribution in [0.4, 0.5) is 10.1 Å². The fourth-order valence-corrected chi connectivity index (χ4v) is 2.04. The molecule has 0 aliphatic heterocycles. The zero-order valence-electron chi connectivity index (χ0n) is 10.8. The zero-order valence-corrected chi connectivity index (χ0v) is 10.8. The highest BCUT2D eigenvalue weighted by molar-refractivity contribution is 5.98. The van der Waals surface area contributed by atoms with Crippen molar-refractivity contribution in [2.45, 2.75) is 12.8 Å². The predicted octanol–water partition coefficient (Wildman–Crippen LogP) is 1.58. The number of aliphatic hydroxyl groups is 1. The van der Waals surface area contributed by atoms with Crippen molar-refractivity contribution in [3.05, 3.63) is 39.7 Å². The van der Waals surface area contributed by atoms with Crippen LogP contribution in [0, 0.1) is 21.8 Å². The molecule has 0 unspecified atom stereocenters. The Morgan fingerprint density at radius 3 is 2.75 bits per heavy atom. The largest absolute Gasteiger partial charge is 0.395 e. The number of benzene rings is 1. The molecule has 1 aromatic carbocycles. The zero-order chi connectivity index (χ0) is 14.7. The molecule has 1 N–H and O–H groups in total. The monoisotopic (exact) mass is 282 g/mol. The molecule has 1 saturated carbocycles. The van der Waals surface area contributed by atoms with E-state index < -0.39 is 27.9 Å². The highest BCUT2D eigenvalue weighted by atomic mass is 19.1. The number of carbonyl (C=O) groups excluding carboxylic acids is 1. The third-order valence-corrected chi connectivity index (χ3v) is 3.23. The molecular formula is C13H15FN2O4. The lowest BCUT2D eigenvalue weighted by molar-refractivity contribution is -0.385. The van der Waals surface area contributed by atoms with Crippen molar-refractivity contribution in [2.24, 2.45) is 5.92 Å². The number of nitrogens with zero attached hydrogens (tertiary/aromatic N) is 2. The summed E-state index contributed by atoms with van der Waals surface area (Å²) < 4.78 is 13.8. The molecule has 1 amide bonds. The van der Waals surface area contributed by atoms with Gasteiger partial charge in [-0.3, -0.25) is 14.9 Å². The van der Waals surface area contributed by atoms with Gasteiger partial charge in [-0.05, 0) is 24.8 Å². The predicted molar refractivity (Wildman–Crippen MR) is 68.8 cm³/mol. The number of rotatable bonds is 6. The van der Waals surface area contributed by atoms with Gasteiger partial charge in [0.05, 0.1) is 11.5 Å². The van der Waals surface area contributed by atoms with Gasteiger partial charge in [0, 0.05) is 19.2 Å². The molecule has 1 fully saturated rings. The molecule has 0 heterocycles. The van der Waals surface area contributed by atoms with Gasteiger partial charge in [0.15, 0.2) is 5.56 Å². The van der Waals surface area contributed by atoms with Crippen LogP contribution in [0.25, 0.3) is 0 Å². The second-order valence-corrected chi connectivity index (χ2v) is 4.81. The van der Waals surface area contributed by atoms with Gasteiger partial charge in [-0.2, -0.15) is 0 Å². The van der Waals surface area contributed by atoms with Crippen LogP contribution in [0.3, 0.4) is 0 Å². The Bertz CT molecular complexity index is 531. The first kappa shape index (κ1) is 14.4. The molecule has 0 saturated heterocycles. The Balaban J connectivity index is 2.31. The lowest BCUT2D eigenvalue weighted by Gasteiger charge is -2.21. The second kappa shape index (κ2) is 5.96. The van der Waals surface area contributed by atoms with Crippen LogP contribution in [-0.2, 0) is 0 Å². The topological polar surface area (TPSA) is 83.7 Å². The highest BCUT2D eigenvalue weighted by Crippen LogP contribution is 2.31. The van der Waals surface area contributed by atoms with Crippen LogP contribution < -0.4 is 0 Å². The van der Waals surface area contributed by atoms with E-state index in [4.69, 9.17) is 5.11 Å². The maximum absolute atomic E-state index is 13.8. The highest BCUT2D eigenvalue weighted by Gasteiger charge is 2.32. The summed E-state index contributed by atoms with van der Waals surface area (Å²) in [4.78, 5) is 23.7. The summed E-state index contributed by atoms with van der Waals surface area (Å²) in [5.74, 6) is -1.31. The van der Waals surface area contributed by atoms with E-state index in [1.165, 1.54) is 11.0 Å². The molecule has 108 valence electrons. The Hall–Kier alpha value is -2.02. The summed E-state index contributed by atoms with van der Waals surface area (Å²) in [6.45, 7) is 0.173. The fourth-order valence-electron chi connectivity index (χ4n) is 2.04. The average molecular weight is 282 g/mol. The molecule has 0 radical (unpaired) electrons. The van der Waals surface area contributed by atoms with E-state index in [0.717, 1.165) is 25.0 Å². The van der Waals surface area contributed by atoms with Gasteiger partial charge >= 0.3 is 0 Å². The van der Waals surface area contributed by atoms with E-state index in [-0.39, 0.29) is 13.2 Å². The molecule has 0 atom stereocenters. The number of carbonyl (C=O) groups is 1. The second-order valence-electron chi connectivity index (χ2n) is 4.81. The van der Waals surface area contributed by atoms with E-state index in [1.807, 2.05) is 0 Å². The number of halogens is 1. The van der Waals surface area contributed by atoms with Crippen LogP contribution in [0.2, 0.25) is 0 Å². The van der Waals surface area contributed by atoms with Gasteiger partial charge in [0.2, 0.25) is 0 Å². The van der Waals surface area contributed by atoms with Crippen molar-refractivity contribution in [1.29, 1.82) is 0 Å².